The quantitative estimate of drug-likeness (QED) is 0.832. The lowest BCUT2D eigenvalue weighted by molar-refractivity contribution is 0.0954. The van der Waals surface area contributed by atoms with Crippen LogP contribution in [0.5, 0.6) is 0 Å². The summed E-state index contributed by atoms with van der Waals surface area (Å²) >= 11 is 6.01. The second-order valence-corrected chi connectivity index (χ2v) is 8.09. The number of carbonyl (C=O) groups excluding carboxylic acids is 1. The Hall–Kier alpha value is -1.96. The van der Waals surface area contributed by atoms with Crippen LogP contribution >= 0.6 is 11.6 Å². The Bertz CT molecular complexity index is 885. The molecule has 0 aliphatic heterocycles. The van der Waals surface area contributed by atoms with Gasteiger partial charge in [-0.25, -0.2) is 17.1 Å². The lowest BCUT2D eigenvalue weighted by Crippen LogP contribution is -2.27. The molecule has 0 unspecified atom stereocenters. The fourth-order valence-corrected chi connectivity index (χ4v) is 3.29. The molecule has 0 aliphatic rings. The van der Waals surface area contributed by atoms with Crippen molar-refractivity contribution in [3.8, 4) is 0 Å². The maximum Gasteiger partial charge on any atom is 0.252 e. The van der Waals surface area contributed by atoms with Crippen molar-refractivity contribution in [3.05, 3.63) is 64.4 Å². The van der Waals surface area contributed by atoms with E-state index in [4.69, 9.17) is 11.6 Å². The molecule has 2 aromatic rings. The zero-order valence-electron chi connectivity index (χ0n) is 13.8. The summed E-state index contributed by atoms with van der Waals surface area (Å²) in [6.45, 7) is 0.195. The summed E-state index contributed by atoms with van der Waals surface area (Å²) in [7, 11) is -0.872. The van der Waals surface area contributed by atoms with Crippen molar-refractivity contribution in [3.63, 3.8) is 0 Å². The topological polar surface area (TPSA) is 66.5 Å². The highest BCUT2D eigenvalue weighted by molar-refractivity contribution is 7.89. The van der Waals surface area contributed by atoms with Crippen LogP contribution in [-0.2, 0) is 16.4 Å². The maximum absolute atomic E-state index is 13.6. The number of benzene rings is 2. The Morgan fingerprint density at radius 3 is 2.52 bits per heavy atom. The summed E-state index contributed by atoms with van der Waals surface area (Å²) in [6.07, 6.45) is 0.311. The zero-order chi connectivity index (χ0) is 18.6. The number of hydrogen-bond donors (Lipinski definition) is 1. The van der Waals surface area contributed by atoms with E-state index in [1.54, 1.807) is 18.2 Å². The first-order valence-corrected chi connectivity index (χ1v) is 9.29. The van der Waals surface area contributed by atoms with E-state index in [1.807, 2.05) is 0 Å². The second-order valence-electron chi connectivity index (χ2n) is 5.53. The number of nitrogens with zero attached hydrogens (tertiary/aromatic N) is 1. The van der Waals surface area contributed by atoms with Gasteiger partial charge in [0, 0.05) is 20.6 Å². The molecule has 2 aromatic carbocycles. The van der Waals surface area contributed by atoms with Crippen molar-refractivity contribution in [2.24, 2.45) is 0 Å². The second kappa shape index (κ2) is 7.95. The van der Waals surface area contributed by atoms with Crippen LogP contribution in [0.15, 0.2) is 47.4 Å². The van der Waals surface area contributed by atoms with E-state index < -0.39 is 15.9 Å². The van der Waals surface area contributed by atoms with Crippen LogP contribution in [0, 0.1) is 5.82 Å². The molecule has 1 N–H and O–H groups in total. The molecule has 5 nitrogen and oxygen atoms in total. The van der Waals surface area contributed by atoms with E-state index >= 15 is 0 Å². The Balaban J connectivity index is 2.13. The number of halogens is 2. The Morgan fingerprint density at radius 2 is 1.88 bits per heavy atom. The third-order valence-electron chi connectivity index (χ3n) is 3.60. The van der Waals surface area contributed by atoms with E-state index in [2.05, 4.69) is 5.32 Å². The molecule has 0 saturated heterocycles. The standard InChI is InChI=1S/C17H18ClFN2O3S/c1-21(2)25(23,24)13-7-8-15(18)14(11-13)17(22)20-10-9-12-5-3-4-6-16(12)19/h3-8,11H,9-10H2,1-2H3,(H,20,22). The van der Waals surface area contributed by atoms with E-state index in [0.29, 0.717) is 12.0 Å². The molecule has 8 heteroatoms. The summed E-state index contributed by atoms with van der Waals surface area (Å²) in [5.41, 5.74) is 0.538. The van der Waals surface area contributed by atoms with Gasteiger partial charge in [0.1, 0.15) is 5.82 Å². The smallest absolute Gasteiger partial charge is 0.252 e. The first-order valence-electron chi connectivity index (χ1n) is 7.47. The minimum absolute atomic E-state index is 0.0267. The molecule has 134 valence electrons. The van der Waals surface area contributed by atoms with Crippen molar-refractivity contribution in [2.75, 3.05) is 20.6 Å². The van der Waals surface area contributed by atoms with Gasteiger partial charge in [-0.1, -0.05) is 29.8 Å². The molecule has 1 amide bonds. The first kappa shape index (κ1) is 19.4. The molecule has 0 radical (unpaired) electrons. The average Bonchev–Trinajstić information content (AvgIpc) is 2.56. The molecule has 0 aromatic heterocycles. The minimum Gasteiger partial charge on any atom is -0.352 e. The molecule has 25 heavy (non-hydrogen) atoms. The summed E-state index contributed by atoms with van der Waals surface area (Å²) in [4.78, 5) is 12.3. The SMILES string of the molecule is CN(C)S(=O)(=O)c1ccc(Cl)c(C(=O)NCCc2ccccc2F)c1. The van der Waals surface area contributed by atoms with E-state index in [9.17, 15) is 17.6 Å². The van der Waals surface area contributed by atoms with Crippen molar-refractivity contribution in [2.45, 2.75) is 11.3 Å². The van der Waals surface area contributed by atoms with Gasteiger partial charge in [-0.15, -0.1) is 0 Å². The van der Waals surface area contributed by atoms with E-state index in [0.717, 1.165) is 4.31 Å². The monoisotopic (exact) mass is 384 g/mol. The van der Waals surface area contributed by atoms with Crippen molar-refractivity contribution in [1.29, 1.82) is 0 Å². The van der Waals surface area contributed by atoms with Gasteiger partial charge in [0.25, 0.3) is 5.91 Å². The lowest BCUT2D eigenvalue weighted by Gasteiger charge is -2.13. The highest BCUT2D eigenvalue weighted by Crippen LogP contribution is 2.22. The van der Waals surface area contributed by atoms with Crippen LogP contribution in [0.4, 0.5) is 4.39 Å². The van der Waals surface area contributed by atoms with Crippen LogP contribution in [0.3, 0.4) is 0 Å². The molecule has 0 heterocycles. The maximum atomic E-state index is 13.6. The fraction of sp³-hybridized carbons (Fsp3) is 0.235. The van der Waals surface area contributed by atoms with Crippen molar-refractivity contribution >= 4 is 27.5 Å². The van der Waals surface area contributed by atoms with Gasteiger partial charge in [0.2, 0.25) is 10.0 Å². The first-order chi connectivity index (χ1) is 11.7. The number of sulfonamides is 1. The largest absolute Gasteiger partial charge is 0.352 e. The van der Waals surface area contributed by atoms with Crippen LogP contribution in [0.2, 0.25) is 5.02 Å². The lowest BCUT2D eigenvalue weighted by atomic mass is 10.1. The Labute approximate surface area is 151 Å². The van der Waals surface area contributed by atoms with Crippen LogP contribution in [-0.4, -0.2) is 39.3 Å². The predicted octanol–water partition coefficient (Wildman–Crippen LogP) is 2.70. The van der Waals surface area contributed by atoms with Gasteiger partial charge < -0.3 is 5.32 Å². The zero-order valence-corrected chi connectivity index (χ0v) is 15.4. The van der Waals surface area contributed by atoms with Crippen LogP contribution in [0.1, 0.15) is 15.9 Å². The summed E-state index contributed by atoms with van der Waals surface area (Å²) in [5, 5.41) is 2.76. The molecule has 0 aliphatic carbocycles. The van der Waals surface area contributed by atoms with E-state index in [1.165, 1.54) is 38.4 Å². The third kappa shape index (κ3) is 4.56. The molecule has 0 atom stereocenters. The van der Waals surface area contributed by atoms with Crippen LogP contribution in [0.25, 0.3) is 0 Å². The molecule has 0 spiro atoms. The number of rotatable bonds is 6. The molecule has 0 fully saturated rings. The number of amides is 1. The molecule has 2 rings (SSSR count). The highest BCUT2D eigenvalue weighted by atomic mass is 35.5. The number of nitrogens with one attached hydrogen (secondary N) is 1. The fourth-order valence-electron chi connectivity index (χ4n) is 2.16. The molecule has 0 saturated carbocycles. The van der Waals surface area contributed by atoms with Crippen molar-refractivity contribution < 1.29 is 17.6 Å². The van der Waals surface area contributed by atoms with Gasteiger partial charge in [-0.05, 0) is 36.2 Å². The summed E-state index contributed by atoms with van der Waals surface area (Å²) in [6, 6.07) is 10.2. The van der Waals surface area contributed by atoms with E-state index in [-0.39, 0.29) is 27.8 Å². The van der Waals surface area contributed by atoms with Gasteiger partial charge in [0.15, 0.2) is 0 Å². The molecular weight excluding hydrogens is 367 g/mol. The highest BCUT2D eigenvalue weighted by Gasteiger charge is 2.20. The normalized spacial score (nSPS) is 11.6. The van der Waals surface area contributed by atoms with Gasteiger partial charge >= 0.3 is 0 Å². The van der Waals surface area contributed by atoms with Gasteiger partial charge in [0.05, 0.1) is 15.5 Å². The summed E-state index contributed by atoms with van der Waals surface area (Å²) in [5.74, 6) is -0.856. The van der Waals surface area contributed by atoms with Crippen molar-refractivity contribution in [1.82, 2.24) is 9.62 Å². The predicted molar refractivity (Wildman–Crippen MR) is 94.8 cm³/mol. The van der Waals surface area contributed by atoms with Gasteiger partial charge in [-0.3, -0.25) is 4.79 Å². The van der Waals surface area contributed by atoms with Gasteiger partial charge in [-0.2, -0.15) is 0 Å². The molecular formula is C17H18ClFN2O3S. The minimum atomic E-state index is -3.67. The summed E-state index contributed by atoms with van der Waals surface area (Å²) < 4.78 is 38.9. The number of carbonyl (C=O) groups is 1. The Kier molecular flexibility index (Phi) is 6.16. The third-order valence-corrected chi connectivity index (χ3v) is 5.74. The molecule has 0 bridgehead atoms. The Morgan fingerprint density at radius 1 is 1.20 bits per heavy atom. The average molecular weight is 385 g/mol. The number of hydrogen-bond acceptors (Lipinski definition) is 3. The van der Waals surface area contributed by atoms with Crippen LogP contribution < -0.4 is 5.32 Å².